The van der Waals surface area contributed by atoms with Gasteiger partial charge in [-0.15, -0.1) is 0 Å². The lowest BCUT2D eigenvalue weighted by Crippen LogP contribution is -2.17. The molecule has 36 heavy (non-hydrogen) atoms. The van der Waals surface area contributed by atoms with E-state index in [-0.39, 0.29) is 0 Å². The monoisotopic (exact) mass is 522 g/mol. The number of fused-ring (bicyclic) bond motifs is 6. The minimum absolute atomic E-state index is 0.778. The first-order valence-corrected chi connectivity index (χ1v) is 14.8. The molecule has 2 unspecified atom stereocenters. The molecule has 0 amide bonds. The molecule has 0 N–H and O–H groups in total. The van der Waals surface area contributed by atoms with Crippen LogP contribution in [-0.4, -0.2) is 26.2 Å². The van der Waals surface area contributed by atoms with Crippen LogP contribution in [0.1, 0.15) is 27.7 Å². The predicted molar refractivity (Wildman–Crippen MR) is 154 cm³/mol. The van der Waals surface area contributed by atoms with Gasteiger partial charge in [-0.3, -0.25) is 0 Å². The Kier molecular flexibility index (Phi) is 7.59. The van der Waals surface area contributed by atoms with E-state index >= 15 is 0 Å². The standard InChI is InChI=1S/C28H32N2O4P2/c1-5-29(6-2)35-31-23-17-15-22-20-24(18-16-21(22)19-23)32-36(30(7-3)8-4)34-28-14-10-11-25-26(28)12-9-13-27(25)33-35/h9-20H,5-8H2,1-4H3. The molecule has 6 rings (SSSR count). The molecule has 4 aromatic carbocycles. The molecule has 6 aromatic rings. The average Bonchev–Trinajstić information content (AvgIpc) is 2.90. The third kappa shape index (κ3) is 5.00. The summed E-state index contributed by atoms with van der Waals surface area (Å²) in [6.07, 6.45) is 0. The van der Waals surface area contributed by atoms with Crippen LogP contribution < -0.4 is 9.34 Å². The van der Waals surface area contributed by atoms with E-state index in [9.17, 15) is 0 Å². The Morgan fingerprint density at radius 2 is 0.944 bits per heavy atom. The quantitative estimate of drug-likeness (QED) is 0.221. The number of hydrogen-bond acceptors (Lipinski definition) is 6. The molecule has 6 nitrogen and oxygen atoms in total. The van der Waals surface area contributed by atoms with Gasteiger partial charge in [0.05, 0.1) is 0 Å². The summed E-state index contributed by atoms with van der Waals surface area (Å²) in [5, 5.41) is 4.14. The topological polar surface area (TPSA) is 59.0 Å². The van der Waals surface area contributed by atoms with Gasteiger partial charge in [0.15, 0.2) is 0 Å². The van der Waals surface area contributed by atoms with Crippen molar-refractivity contribution in [3.8, 4) is 0 Å². The van der Waals surface area contributed by atoms with Gasteiger partial charge in [-0.2, -0.15) is 0 Å². The molecule has 0 saturated carbocycles. The molecular formula is C28H32N2O4P2. The molecule has 0 saturated heterocycles. The summed E-state index contributed by atoms with van der Waals surface area (Å²) in [6.45, 7) is 11.8. The zero-order valence-corrected chi connectivity index (χ0v) is 23.0. The minimum Gasteiger partial charge on any atom is -0.408 e. The van der Waals surface area contributed by atoms with E-state index < -0.39 is 16.3 Å². The summed E-state index contributed by atoms with van der Waals surface area (Å²) >= 11 is 0. The van der Waals surface area contributed by atoms with Gasteiger partial charge < -0.3 is 16.8 Å². The first kappa shape index (κ1) is 24.8. The first-order chi connectivity index (χ1) is 17.6. The Morgan fingerprint density at radius 3 is 1.33 bits per heavy atom. The number of benzene rings is 4. The van der Waals surface area contributed by atoms with Crippen LogP contribution in [0.2, 0.25) is 0 Å². The summed E-state index contributed by atoms with van der Waals surface area (Å²) < 4.78 is 30.7. The summed E-state index contributed by atoms with van der Waals surface area (Å²) in [7, 11) is -2.74. The van der Waals surface area contributed by atoms with Gasteiger partial charge in [-0.25, -0.2) is 9.34 Å². The molecule has 188 valence electrons. The van der Waals surface area contributed by atoms with Crippen molar-refractivity contribution >= 4 is 60.2 Å². The molecule has 2 atom stereocenters. The van der Waals surface area contributed by atoms with Gasteiger partial charge in [-0.1, -0.05) is 64.1 Å². The van der Waals surface area contributed by atoms with Crippen molar-refractivity contribution in [2.45, 2.75) is 27.7 Å². The van der Waals surface area contributed by atoms with Crippen molar-refractivity contribution < 1.29 is 16.8 Å². The van der Waals surface area contributed by atoms with Gasteiger partial charge in [0.25, 0.3) is 0 Å². The van der Waals surface area contributed by atoms with Crippen LogP contribution in [0.15, 0.2) is 89.6 Å². The van der Waals surface area contributed by atoms with E-state index in [4.69, 9.17) is 16.8 Å². The molecule has 0 fully saturated rings. The molecular weight excluding hydrogens is 490 g/mol. The fourth-order valence-corrected chi connectivity index (χ4v) is 6.96. The van der Waals surface area contributed by atoms with Crippen LogP contribution in [0, 0.1) is 0 Å². The molecule has 2 aromatic heterocycles. The van der Waals surface area contributed by atoms with Gasteiger partial charge in [0, 0.05) is 37.0 Å². The first-order valence-electron chi connectivity index (χ1n) is 12.5. The van der Waals surface area contributed by atoms with Crippen LogP contribution in [0.25, 0.3) is 43.9 Å². The number of hydrogen-bond donors (Lipinski definition) is 0. The smallest absolute Gasteiger partial charge is 0.309 e. The van der Waals surface area contributed by atoms with Crippen molar-refractivity contribution in [2.75, 3.05) is 35.5 Å². The van der Waals surface area contributed by atoms with Crippen molar-refractivity contribution in [3.63, 3.8) is 0 Å². The average molecular weight is 523 g/mol. The Balaban J connectivity index is 1.99. The maximum absolute atomic E-state index is 6.63. The summed E-state index contributed by atoms with van der Waals surface area (Å²) in [5.74, 6) is 0. The summed E-state index contributed by atoms with van der Waals surface area (Å²) in [4.78, 5) is 0. The third-order valence-corrected chi connectivity index (χ3v) is 9.76. The van der Waals surface area contributed by atoms with Gasteiger partial charge >= 0.3 is 16.3 Å². The van der Waals surface area contributed by atoms with E-state index in [1.807, 2.05) is 36.4 Å². The number of nitrogens with zero attached hydrogens (tertiary/aromatic N) is 2. The van der Waals surface area contributed by atoms with Crippen LogP contribution in [0.5, 0.6) is 0 Å². The molecule has 2 heterocycles. The lowest BCUT2D eigenvalue weighted by molar-refractivity contribution is 0.617. The van der Waals surface area contributed by atoms with Crippen LogP contribution in [0.3, 0.4) is 0 Å². The highest BCUT2D eigenvalue weighted by Gasteiger charge is 2.11. The highest BCUT2D eigenvalue weighted by atomic mass is 31.1. The Labute approximate surface area is 212 Å². The van der Waals surface area contributed by atoms with E-state index in [1.54, 1.807) is 0 Å². The van der Waals surface area contributed by atoms with Crippen molar-refractivity contribution in [2.24, 2.45) is 0 Å². The zero-order chi connectivity index (χ0) is 25.1. The molecule has 8 bridgehead atoms. The Hall–Kier alpha value is -2.88. The lowest BCUT2D eigenvalue weighted by atomic mass is 10.1. The SMILES string of the molecule is CCN(CC)p1oc2ccc3cc(ccc3c2)op(N(CC)CC)oc2cccc3c(cccc23)o1. The zero-order valence-electron chi connectivity index (χ0n) is 21.2. The second kappa shape index (κ2) is 11.0. The molecule has 0 radical (unpaired) electrons. The van der Waals surface area contributed by atoms with E-state index in [0.29, 0.717) is 0 Å². The molecule has 8 heteroatoms. The van der Waals surface area contributed by atoms with Crippen LogP contribution >= 0.6 is 16.3 Å². The largest absolute Gasteiger partial charge is 0.408 e. The van der Waals surface area contributed by atoms with Crippen molar-refractivity contribution in [1.82, 2.24) is 0 Å². The predicted octanol–water partition coefficient (Wildman–Crippen LogP) is 9.41. The molecule has 0 aliphatic rings. The van der Waals surface area contributed by atoms with E-state index in [1.165, 1.54) is 0 Å². The van der Waals surface area contributed by atoms with Crippen molar-refractivity contribution in [1.29, 1.82) is 0 Å². The van der Waals surface area contributed by atoms with Crippen LogP contribution in [-0.2, 0) is 0 Å². The van der Waals surface area contributed by atoms with E-state index in [2.05, 4.69) is 73.4 Å². The highest BCUT2D eigenvalue weighted by molar-refractivity contribution is 7.39. The minimum atomic E-state index is -1.37. The molecule has 0 spiro atoms. The van der Waals surface area contributed by atoms with Gasteiger partial charge in [0.2, 0.25) is 0 Å². The third-order valence-electron chi connectivity index (χ3n) is 6.27. The second-order valence-corrected chi connectivity index (χ2v) is 11.2. The normalized spacial score (nSPS) is 12.7. The lowest BCUT2D eigenvalue weighted by Gasteiger charge is -2.15. The summed E-state index contributed by atoms with van der Waals surface area (Å²) in [5.41, 5.74) is 3.13. The summed E-state index contributed by atoms with van der Waals surface area (Å²) in [6, 6.07) is 24.5. The van der Waals surface area contributed by atoms with E-state index in [0.717, 1.165) is 70.1 Å². The molecule has 0 aliphatic heterocycles. The second-order valence-electron chi connectivity index (χ2n) is 8.40. The fraction of sp³-hybridized carbons (Fsp3) is 0.286. The maximum atomic E-state index is 6.63. The molecule has 0 aliphatic carbocycles. The fourth-order valence-electron chi connectivity index (χ4n) is 4.25. The Morgan fingerprint density at radius 1 is 0.528 bits per heavy atom. The maximum Gasteiger partial charge on any atom is 0.309 e. The van der Waals surface area contributed by atoms with Gasteiger partial charge in [-0.05, 0) is 47.2 Å². The highest BCUT2D eigenvalue weighted by Crippen LogP contribution is 2.36. The van der Waals surface area contributed by atoms with Crippen molar-refractivity contribution in [3.05, 3.63) is 72.8 Å². The van der Waals surface area contributed by atoms with Gasteiger partial charge in [0.1, 0.15) is 22.3 Å². The number of rotatable bonds is 6. The Bertz CT molecular complexity index is 1500. The van der Waals surface area contributed by atoms with Crippen LogP contribution in [0.4, 0.5) is 0 Å².